The number of hydrogen-bond acceptors (Lipinski definition) is 2. The zero-order chi connectivity index (χ0) is 15.1. The van der Waals surface area contributed by atoms with Gasteiger partial charge in [0.25, 0.3) is 0 Å². The van der Waals surface area contributed by atoms with Gasteiger partial charge in [0, 0.05) is 11.5 Å². The summed E-state index contributed by atoms with van der Waals surface area (Å²) < 4.78 is 6.58. The highest BCUT2D eigenvalue weighted by atomic mass is 79.9. The highest BCUT2D eigenvalue weighted by molar-refractivity contribution is 9.10. The maximum Gasteiger partial charge on any atom is 0.410 e. The van der Waals surface area contributed by atoms with Crippen molar-refractivity contribution in [1.29, 1.82) is 0 Å². The average molecular weight is 340 g/mol. The van der Waals surface area contributed by atoms with Gasteiger partial charge in [0.2, 0.25) is 0 Å². The summed E-state index contributed by atoms with van der Waals surface area (Å²) in [5, 5.41) is 0. The van der Waals surface area contributed by atoms with E-state index >= 15 is 0 Å². The van der Waals surface area contributed by atoms with Gasteiger partial charge in [-0.25, -0.2) is 4.79 Å². The molecule has 0 N–H and O–H groups in total. The van der Waals surface area contributed by atoms with Gasteiger partial charge in [0.05, 0.1) is 5.54 Å². The van der Waals surface area contributed by atoms with Gasteiger partial charge < -0.3 is 9.64 Å². The second kappa shape index (κ2) is 5.06. The number of benzene rings is 1. The molecule has 1 aliphatic carbocycles. The SMILES string of the molecule is CN(C(=O)OC(C)(C)C)C1(C)CCc2cc(Br)ccc21. The second-order valence-electron chi connectivity index (χ2n) is 6.61. The van der Waals surface area contributed by atoms with Crippen LogP contribution in [-0.2, 0) is 16.7 Å². The van der Waals surface area contributed by atoms with Crippen LogP contribution in [0.1, 0.15) is 45.2 Å². The summed E-state index contributed by atoms with van der Waals surface area (Å²) in [6.45, 7) is 7.78. The van der Waals surface area contributed by atoms with Gasteiger partial charge in [-0.1, -0.05) is 22.0 Å². The molecule has 0 saturated carbocycles. The maximum absolute atomic E-state index is 12.3. The van der Waals surface area contributed by atoms with Crippen molar-refractivity contribution in [3.63, 3.8) is 0 Å². The van der Waals surface area contributed by atoms with Gasteiger partial charge in [0.1, 0.15) is 5.60 Å². The molecule has 0 radical (unpaired) electrons. The molecule has 0 heterocycles. The van der Waals surface area contributed by atoms with E-state index in [-0.39, 0.29) is 11.6 Å². The number of rotatable bonds is 1. The molecule has 0 saturated heterocycles. The first kappa shape index (κ1) is 15.4. The minimum absolute atomic E-state index is 0.268. The molecule has 1 aliphatic rings. The van der Waals surface area contributed by atoms with Crippen molar-refractivity contribution < 1.29 is 9.53 Å². The van der Waals surface area contributed by atoms with Crippen molar-refractivity contribution in [2.45, 2.75) is 51.7 Å². The summed E-state index contributed by atoms with van der Waals surface area (Å²) in [7, 11) is 1.82. The van der Waals surface area contributed by atoms with Gasteiger partial charge in [-0.2, -0.15) is 0 Å². The normalized spacial score (nSPS) is 21.5. The van der Waals surface area contributed by atoms with Crippen LogP contribution < -0.4 is 0 Å². The van der Waals surface area contributed by atoms with Crippen LogP contribution >= 0.6 is 15.9 Å². The quantitative estimate of drug-likeness (QED) is 0.754. The Morgan fingerprint density at radius 2 is 2.05 bits per heavy atom. The molecule has 0 bridgehead atoms. The van der Waals surface area contributed by atoms with Crippen molar-refractivity contribution in [2.75, 3.05) is 7.05 Å². The Balaban J connectivity index is 2.28. The number of nitrogens with zero attached hydrogens (tertiary/aromatic N) is 1. The molecule has 20 heavy (non-hydrogen) atoms. The zero-order valence-electron chi connectivity index (χ0n) is 12.8. The molecule has 110 valence electrons. The van der Waals surface area contributed by atoms with Gasteiger partial charge >= 0.3 is 6.09 Å². The molecule has 1 unspecified atom stereocenters. The number of carbonyl (C=O) groups is 1. The Kier molecular flexibility index (Phi) is 3.89. The van der Waals surface area contributed by atoms with Crippen LogP contribution in [0.25, 0.3) is 0 Å². The Morgan fingerprint density at radius 1 is 1.40 bits per heavy atom. The van der Waals surface area contributed by atoms with Gasteiger partial charge in [-0.3, -0.25) is 0 Å². The lowest BCUT2D eigenvalue weighted by Gasteiger charge is -2.37. The van der Waals surface area contributed by atoms with E-state index in [0.717, 1.165) is 17.3 Å². The topological polar surface area (TPSA) is 29.5 Å². The standard InChI is InChI=1S/C16H22BrNO2/c1-15(2,3)20-14(19)18(5)16(4)9-8-11-10-12(17)6-7-13(11)16/h6-7,10H,8-9H2,1-5H3. The summed E-state index contributed by atoms with van der Waals surface area (Å²) in [6, 6.07) is 6.28. The van der Waals surface area contributed by atoms with Crippen molar-refractivity contribution in [3.8, 4) is 0 Å². The monoisotopic (exact) mass is 339 g/mol. The molecule has 4 heteroatoms. The molecule has 2 rings (SSSR count). The van der Waals surface area contributed by atoms with Gasteiger partial charge in [-0.05, 0) is 63.8 Å². The van der Waals surface area contributed by atoms with E-state index < -0.39 is 5.60 Å². The van der Waals surface area contributed by atoms with E-state index in [4.69, 9.17) is 4.74 Å². The van der Waals surface area contributed by atoms with E-state index in [1.807, 2.05) is 33.9 Å². The number of ether oxygens (including phenoxy) is 1. The van der Waals surface area contributed by atoms with Crippen molar-refractivity contribution in [3.05, 3.63) is 33.8 Å². The molecular weight excluding hydrogens is 318 g/mol. The molecular formula is C16H22BrNO2. The van der Waals surface area contributed by atoms with Crippen LogP contribution in [0.3, 0.4) is 0 Å². The highest BCUT2D eigenvalue weighted by Gasteiger charge is 2.41. The highest BCUT2D eigenvalue weighted by Crippen LogP contribution is 2.42. The number of aryl methyl sites for hydroxylation is 1. The molecule has 0 aromatic heterocycles. The zero-order valence-corrected chi connectivity index (χ0v) is 14.4. The number of hydrogen-bond donors (Lipinski definition) is 0. The lowest BCUT2D eigenvalue weighted by atomic mass is 9.93. The summed E-state index contributed by atoms with van der Waals surface area (Å²) in [5.41, 5.74) is 1.76. The Bertz CT molecular complexity index is 536. The maximum atomic E-state index is 12.3. The van der Waals surface area contributed by atoms with Crippen LogP contribution in [0.4, 0.5) is 4.79 Å². The van der Waals surface area contributed by atoms with Crippen molar-refractivity contribution in [2.24, 2.45) is 0 Å². The third kappa shape index (κ3) is 2.85. The van der Waals surface area contributed by atoms with Crippen LogP contribution in [0, 0.1) is 0 Å². The first-order chi connectivity index (χ1) is 9.13. The Labute approximate surface area is 129 Å². The minimum Gasteiger partial charge on any atom is -0.444 e. The van der Waals surface area contributed by atoms with E-state index in [0.29, 0.717) is 0 Å². The number of carbonyl (C=O) groups excluding carboxylic acids is 1. The summed E-state index contributed by atoms with van der Waals surface area (Å²) in [6.07, 6.45) is 1.64. The van der Waals surface area contributed by atoms with Crippen LogP contribution in [-0.4, -0.2) is 23.6 Å². The minimum atomic E-state index is -0.469. The fourth-order valence-electron chi connectivity index (χ4n) is 2.69. The number of halogens is 1. The van der Waals surface area contributed by atoms with Crippen LogP contribution in [0.5, 0.6) is 0 Å². The largest absolute Gasteiger partial charge is 0.444 e. The molecule has 0 aliphatic heterocycles. The van der Waals surface area contributed by atoms with Gasteiger partial charge in [-0.15, -0.1) is 0 Å². The molecule has 1 aromatic rings. The predicted octanol–water partition coefficient (Wildman–Crippen LogP) is 4.48. The third-order valence-corrected chi connectivity index (χ3v) is 4.43. The summed E-state index contributed by atoms with van der Waals surface area (Å²) in [5.74, 6) is 0. The number of amides is 1. The molecule has 0 spiro atoms. The second-order valence-corrected chi connectivity index (χ2v) is 7.53. The molecule has 0 fully saturated rings. The predicted molar refractivity (Wildman–Crippen MR) is 83.8 cm³/mol. The Morgan fingerprint density at radius 3 is 2.65 bits per heavy atom. The third-order valence-electron chi connectivity index (χ3n) is 3.94. The van der Waals surface area contributed by atoms with Gasteiger partial charge in [0.15, 0.2) is 0 Å². The summed E-state index contributed by atoms with van der Waals surface area (Å²) >= 11 is 3.50. The van der Waals surface area contributed by atoms with Crippen molar-refractivity contribution in [1.82, 2.24) is 4.90 Å². The Hall–Kier alpha value is -1.03. The smallest absolute Gasteiger partial charge is 0.410 e. The average Bonchev–Trinajstić information content (AvgIpc) is 2.64. The first-order valence-electron chi connectivity index (χ1n) is 6.89. The summed E-state index contributed by atoms with van der Waals surface area (Å²) in [4.78, 5) is 14.1. The first-order valence-corrected chi connectivity index (χ1v) is 7.68. The van der Waals surface area contributed by atoms with Crippen molar-refractivity contribution >= 4 is 22.0 Å². The lowest BCUT2D eigenvalue weighted by molar-refractivity contribution is 0.00742. The van der Waals surface area contributed by atoms with Crippen LogP contribution in [0.2, 0.25) is 0 Å². The fourth-order valence-corrected chi connectivity index (χ4v) is 3.10. The fraction of sp³-hybridized carbons (Fsp3) is 0.562. The van der Waals surface area contributed by atoms with E-state index in [9.17, 15) is 4.79 Å². The van der Waals surface area contributed by atoms with E-state index in [2.05, 4.69) is 35.0 Å². The van der Waals surface area contributed by atoms with E-state index in [1.165, 1.54) is 11.1 Å². The number of fused-ring (bicyclic) bond motifs is 1. The lowest BCUT2D eigenvalue weighted by Crippen LogP contribution is -2.45. The molecule has 3 nitrogen and oxygen atoms in total. The molecule has 1 amide bonds. The van der Waals surface area contributed by atoms with Crippen LogP contribution in [0.15, 0.2) is 22.7 Å². The molecule has 1 aromatic carbocycles. The molecule has 1 atom stereocenters. The van der Waals surface area contributed by atoms with E-state index in [1.54, 1.807) is 4.90 Å².